The number of methoxy groups -OCH3 is 2. The third-order valence-corrected chi connectivity index (χ3v) is 6.15. The van der Waals surface area contributed by atoms with Crippen LogP contribution in [0.4, 0.5) is 5.69 Å². The van der Waals surface area contributed by atoms with Gasteiger partial charge in [0.25, 0.3) is 0 Å². The van der Waals surface area contributed by atoms with Gasteiger partial charge in [0.1, 0.15) is 17.1 Å². The van der Waals surface area contributed by atoms with Gasteiger partial charge in [0.05, 0.1) is 31.2 Å². The number of ether oxygens (including phenoxy) is 2. The molecule has 0 atom stereocenters. The second-order valence-corrected chi connectivity index (χ2v) is 8.59. The van der Waals surface area contributed by atoms with Gasteiger partial charge in [-0.2, -0.15) is 0 Å². The van der Waals surface area contributed by atoms with Crippen molar-refractivity contribution in [2.24, 2.45) is 0 Å². The van der Waals surface area contributed by atoms with Crippen LogP contribution in [-0.4, -0.2) is 20.1 Å². The number of fused-ring (bicyclic) bond motifs is 1. The standard InChI is InChI=1S/C27H23Cl2NO4/c1-15(11-25(31)30-23-10-9-17(28)12-22(23)29)19-13-20-21(18-7-5-6-8-24(18)32-3)14-34-27(20)16(2)26(19)33-4/h5-14H,1-4H3,(H,30,31)/b15-11+. The molecule has 4 aromatic rings. The molecule has 1 N–H and O–H groups in total. The van der Waals surface area contributed by atoms with E-state index in [-0.39, 0.29) is 5.91 Å². The summed E-state index contributed by atoms with van der Waals surface area (Å²) in [5.74, 6) is 1.06. The summed E-state index contributed by atoms with van der Waals surface area (Å²) in [6, 6.07) is 14.6. The zero-order valence-corrected chi connectivity index (χ0v) is 20.7. The maximum absolute atomic E-state index is 12.7. The molecule has 34 heavy (non-hydrogen) atoms. The monoisotopic (exact) mass is 495 g/mol. The summed E-state index contributed by atoms with van der Waals surface area (Å²) in [6.45, 7) is 3.79. The average Bonchev–Trinajstić information content (AvgIpc) is 3.25. The van der Waals surface area contributed by atoms with E-state index in [0.29, 0.717) is 27.1 Å². The Morgan fingerprint density at radius 1 is 1.03 bits per heavy atom. The van der Waals surface area contributed by atoms with Gasteiger partial charge < -0.3 is 19.2 Å². The fraction of sp³-hybridized carbons (Fsp3) is 0.148. The van der Waals surface area contributed by atoms with E-state index in [4.69, 9.17) is 37.1 Å². The second-order valence-electron chi connectivity index (χ2n) is 7.75. The van der Waals surface area contributed by atoms with Crippen molar-refractivity contribution in [1.29, 1.82) is 0 Å². The number of hydrogen-bond acceptors (Lipinski definition) is 4. The van der Waals surface area contributed by atoms with Crippen molar-refractivity contribution >= 4 is 51.3 Å². The molecule has 1 heterocycles. The number of aryl methyl sites for hydroxylation is 1. The zero-order valence-electron chi connectivity index (χ0n) is 19.2. The molecule has 7 heteroatoms. The minimum absolute atomic E-state index is 0.321. The zero-order chi connectivity index (χ0) is 24.4. The fourth-order valence-electron chi connectivity index (χ4n) is 3.98. The molecular formula is C27H23Cl2NO4. The van der Waals surface area contributed by atoms with Crippen LogP contribution in [0.15, 0.2) is 65.3 Å². The summed E-state index contributed by atoms with van der Waals surface area (Å²) in [4.78, 5) is 12.7. The number of nitrogens with one attached hydrogen (secondary N) is 1. The van der Waals surface area contributed by atoms with Gasteiger partial charge in [0.15, 0.2) is 0 Å². The average molecular weight is 496 g/mol. The van der Waals surface area contributed by atoms with Gasteiger partial charge in [-0.3, -0.25) is 4.79 Å². The SMILES string of the molecule is COc1ccccc1-c1coc2c(C)c(OC)c(/C(C)=C/C(=O)Nc3ccc(Cl)cc3Cl)cc12. The molecule has 0 aliphatic carbocycles. The third kappa shape index (κ3) is 4.49. The number of benzene rings is 3. The number of furan rings is 1. The summed E-state index contributed by atoms with van der Waals surface area (Å²) >= 11 is 12.1. The molecule has 0 radical (unpaired) electrons. The Morgan fingerprint density at radius 3 is 2.50 bits per heavy atom. The molecule has 0 bridgehead atoms. The lowest BCUT2D eigenvalue weighted by molar-refractivity contribution is -0.111. The van der Waals surface area contributed by atoms with Crippen molar-refractivity contribution in [3.8, 4) is 22.6 Å². The van der Waals surface area contributed by atoms with E-state index in [1.807, 2.05) is 44.2 Å². The van der Waals surface area contributed by atoms with Crippen molar-refractivity contribution in [2.45, 2.75) is 13.8 Å². The molecule has 174 valence electrons. The number of rotatable bonds is 6. The Bertz CT molecular complexity index is 1420. The lowest BCUT2D eigenvalue weighted by Crippen LogP contribution is -2.09. The molecule has 0 spiro atoms. The molecule has 4 rings (SSSR count). The van der Waals surface area contributed by atoms with Gasteiger partial charge in [0, 0.05) is 38.7 Å². The van der Waals surface area contributed by atoms with Crippen molar-refractivity contribution < 1.29 is 18.7 Å². The molecule has 1 amide bonds. The van der Waals surface area contributed by atoms with Gasteiger partial charge in [-0.05, 0) is 49.8 Å². The number of para-hydroxylation sites is 1. The molecule has 0 fully saturated rings. The number of halogens is 2. The summed E-state index contributed by atoms with van der Waals surface area (Å²) in [5, 5.41) is 4.55. The van der Waals surface area contributed by atoms with Crippen LogP contribution in [0.2, 0.25) is 10.0 Å². The Morgan fingerprint density at radius 2 is 1.79 bits per heavy atom. The molecule has 0 aliphatic rings. The Hall–Kier alpha value is -3.41. The van der Waals surface area contributed by atoms with Gasteiger partial charge in [-0.15, -0.1) is 0 Å². The van der Waals surface area contributed by atoms with Crippen LogP contribution in [0.5, 0.6) is 11.5 Å². The predicted molar refractivity (Wildman–Crippen MR) is 138 cm³/mol. The predicted octanol–water partition coefficient (Wildman–Crippen LogP) is 7.77. The normalized spacial score (nSPS) is 11.5. The van der Waals surface area contributed by atoms with E-state index in [1.54, 1.807) is 38.7 Å². The van der Waals surface area contributed by atoms with E-state index in [2.05, 4.69) is 5.32 Å². The largest absolute Gasteiger partial charge is 0.496 e. The van der Waals surface area contributed by atoms with Gasteiger partial charge in [0.2, 0.25) is 5.91 Å². The van der Waals surface area contributed by atoms with Crippen LogP contribution in [0.3, 0.4) is 0 Å². The first kappa shape index (κ1) is 23.7. The Kier molecular flexibility index (Phi) is 6.87. The molecule has 0 unspecified atom stereocenters. The first-order valence-corrected chi connectivity index (χ1v) is 11.3. The van der Waals surface area contributed by atoms with E-state index in [0.717, 1.165) is 39.0 Å². The summed E-state index contributed by atoms with van der Waals surface area (Å²) in [6.07, 6.45) is 3.23. The highest BCUT2D eigenvalue weighted by molar-refractivity contribution is 6.36. The van der Waals surface area contributed by atoms with E-state index in [9.17, 15) is 4.79 Å². The van der Waals surface area contributed by atoms with Crippen LogP contribution in [-0.2, 0) is 4.79 Å². The third-order valence-electron chi connectivity index (χ3n) is 5.61. The maximum atomic E-state index is 12.7. The fourth-order valence-corrected chi connectivity index (χ4v) is 4.44. The molecule has 3 aromatic carbocycles. The van der Waals surface area contributed by atoms with Crippen LogP contribution in [0, 0.1) is 6.92 Å². The number of amides is 1. The van der Waals surface area contributed by atoms with Crippen LogP contribution < -0.4 is 14.8 Å². The second kappa shape index (κ2) is 9.84. The Labute approximate surface area is 207 Å². The van der Waals surface area contributed by atoms with E-state index in [1.165, 1.54) is 6.08 Å². The highest BCUT2D eigenvalue weighted by Crippen LogP contribution is 2.42. The molecule has 5 nitrogen and oxygen atoms in total. The van der Waals surface area contributed by atoms with Crippen LogP contribution >= 0.6 is 23.2 Å². The van der Waals surface area contributed by atoms with E-state index >= 15 is 0 Å². The van der Waals surface area contributed by atoms with Gasteiger partial charge >= 0.3 is 0 Å². The van der Waals surface area contributed by atoms with Crippen molar-refractivity contribution in [1.82, 2.24) is 0 Å². The number of carbonyl (C=O) groups excluding carboxylic acids is 1. The minimum Gasteiger partial charge on any atom is -0.496 e. The number of carbonyl (C=O) groups is 1. The topological polar surface area (TPSA) is 60.7 Å². The van der Waals surface area contributed by atoms with Gasteiger partial charge in [-0.25, -0.2) is 0 Å². The molecule has 0 aliphatic heterocycles. The maximum Gasteiger partial charge on any atom is 0.248 e. The highest BCUT2D eigenvalue weighted by Gasteiger charge is 2.20. The quantitative estimate of drug-likeness (QED) is 0.277. The Balaban J connectivity index is 1.78. The number of hydrogen-bond donors (Lipinski definition) is 1. The van der Waals surface area contributed by atoms with Crippen molar-refractivity contribution in [3.05, 3.63) is 82.0 Å². The highest BCUT2D eigenvalue weighted by atomic mass is 35.5. The summed E-state index contributed by atoms with van der Waals surface area (Å²) in [5.41, 5.74) is 5.34. The molecule has 1 aromatic heterocycles. The lowest BCUT2D eigenvalue weighted by atomic mass is 9.96. The molecular weight excluding hydrogens is 473 g/mol. The number of anilines is 1. The molecule has 0 saturated heterocycles. The van der Waals surface area contributed by atoms with Crippen LogP contribution in [0.25, 0.3) is 27.7 Å². The lowest BCUT2D eigenvalue weighted by Gasteiger charge is -2.14. The first-order valence-electron chi connectivity index (χ1n) is 10.5. The van der Waals surface area contributed by atoms with Gasteiger partial charge in [-0.1, -0.05) is 41.4 Å². The smallest absolute Gasteiger partial charge is 0.248 e. The first-order chi connectivity index (χ1) is 16.3. The van der Waals surface area contributed by atoms with Crippen LogP contribution in [0.1, 0.15) is 18.1 Å². The summed E-state index contributed by atoms with van der Waals surface area (Å²) < 4.78 is 17.2. The minimum atomic E-state index is -0.321. The molecule has 0 saturated carbocycles. The number of allylic oxidation sites excluding steroid dienone is 1. The van der Waals surface area contributed by atoms with Crippen molar-refractivity contribution in [3.63, 3.8) is 0 Å². The van der Waals surface area contributed by atoms with Crippen molar-refractivity contribution in [2.75, 3.05) is 19.5 Å². The van der Waals surface area contributed by atoms with E-state index < -0.39 is 0 Å². The summed E-state index contributed by atoms with van der Waals surface area (Å²) in [7, 11) is 3.24.